The van der Waals surface area contributed by atoms with Crippen molar-refractivity contribution in [2.45, 2.75) is 25.8 Å². The standard InChI is InChI=1S/C17H20ClNO4S/c1-12(17(21)19-15-7-8-24(22,23)11-15)9-16(20)6-5-13-3-2-4-14(18)10-13/h2-6,10,12,15H,7-9,11H2,1H3,(H,19,21)/b6-5+/t12-,15?/m0/s1. The molecule has 0 radical (unpaired) electrons. The van der Waals surface area contributed by atoms with Gasteiger partial charge in [-0.05, 0) is 30.2 Å². The molecule has 1 N–H and O–H groups in total. The van der Waals surface area contributed by atoms with Gasteiger partial charge in [0.1, 0.15) is 0 Å². The van der Waals surface area contributed by atoms with Crippen molar-refractivity contribution in [2.75, 3.05) is 11.5 Å². The van der Waals surface area contributed by atoms with Gasteiger partial charge in [-0.3, -0.25) is 9.59 Å². The zero-order valence-corrected chi connectivity index (χ0v) is 14.9. The molecule has 1 unspecified atom stereocenters. The summed E-state index contributed by atoms with van der Waals surface area (Å²) in [4.78, 5) is 24.0. The van der Waals surface area contributed by atoms with Crippen molar-refractivity contribution in [3.63, 3.8) is 0 Å². The third kappa shape index (κ3) is 5.76. The molecule has 2 rings (SSSR count). The molecule has 5 nitrogen and oxygen atoms in total. The molecule has 1 aromatic rings. The van der Waals surface area contributed by atoms with Gasteiger partial charge >= 0.3 is 0 Å². The molecule has 1 heterocycles. The highest BCUT2D eigenvalue weighted by atomic mass is 35.5. The minimum absolute atomic E-state index is 0.0198. The molecular formula is C17H20ClNO4S. The Hall–Kier alpha value is -1.66. The summed E-state index contributed by atoms with van der Waals surface area (Å²) < 4.78 is 22.8. The third-order valence-electron chi connectivity index (χ3n) is 3.84. The predicted octanol–water partition coefficient (Wildman–Crippen LogP) is 2.25. The lowest BCUT2D eigenvalue weighted by Gasteiger charge is -2.14. The summed E-state index contributed by atoms with van der Waals surface area (Å²) in [6, 6.07) is 6.75. The monoisotopic (exact) mass is 369 g/mol. The Morgan fingerprint density at radius 3 is 2.79 bits per heavy atom. The van der Waals surface area contributed by atoms with E-state index in [9.17, 15) is 18.0 Å². The Balaban J connectivity index is 1.83. The van der Waals surface area contributed by atoms with Crippen LogP contribution in [0.5, 0.6) is 0 Å². The fourth-order valence-corrected chi connectivity index (χ4v) is 4.39. The molecule has 7 heteroatoms. The first kappa shape index (κ1) is 18.7. The maximum absolute atomic E-state index is 12.1. The molecule has 0 aromatic heterocycles. The number of ketones is 1. The number of carbonyl (C=O) groups excluding carboxylic acids is 2. The summed E-state index contributed by atoms with van der Waals surface area (Å²) in [5.74, 6) is -0.884. The van der Waals surface area contributed by atoms with Crippen molar-refractivity contribution >= 4 is 39.2 Å². The Bertz CT molecular complexity index is 758. The molecule has 24 heavy (non-hydrogen) atoms. The number of carbonyl (C=O) groups is 2. The maximum atomic E-state index is 12.1. The first-order valence-corrected chi connectivity index (χ1v) is 9.92. The fraction of sp³-hybridized carbons (Fsp3) is 0.412. The summed E-state index contributed by atoms with van der Waals surface area (Å²) in [5.41, 5.74) is 0.809. The van der Waals surface area contributed by atoms with Gasteiger partial charge in [0.15, 0.2) is 15.6 Å². The topological polar surface area (TPSA) is 80.3 Å². The van der Waals surface area contributed by atoms with Crippen LogP contribution in [0.15, 0.2) is 30.3 Å². The van der Waals surface area contributed by atoms with Crippen LogP contribution in [-0.4, -0.2) is 37.7 Å². The molecule has 130 valence electrons. The predicted molar refractivity (Wildman–Crippen MR) is 94.5 cm³/mol. The van der Waals surface area contributed by atoms with E-state index in [4.69, 9.17) is 11.6 Å². The molecule has 0 bridgehead atoms. The molecule has 2 atom stereocenters. The molecule has 1 saturated heterocycles. The van der Waals surface area contributed by atoms with Crippen LogP contribution in [0, 0.1) is 5.92 Å². The van der Waals surface area contributed by atoms with E-state index in [1.165, 1.54) is 6.08 Å². The van der Waals surface area contributed by atoms with Gasteiger partial charge in [0, 0.05) is 23.4 Å². The molecule has 1 amide bonds. The van der Waals surface area contributed by atoms with Crippen LogP contribution in [0.1, 0.15) is 25.3 Å². The first-order valence-electron chi connectivity index (χ1n) is 7.72. The summed E-state index contributed by atoms with van der Waals surface area (Å²) in [6.45, 7) is 1.66. The molecule has 0 saturated carbocycles. The lowest BCUT2D eigenvalue weighted by atomic mass is 10.0. The van der Waals surface area contributed by atoms with Crippen molar-refractivity contribution in [3.8, 4) is 0 Å². The molecule has 1 fully saturated rings. The lowest BCUT2D eigenvalue weighted by Crippen LogP contribution is -2.39. The molecule has 0 aliphatic carbocycles. The van der Waals surface area contributed by atoms with E-state index in [1.54, 1.807) is 31.2 Å². The van der Waals surface area contributed by atoms with Gasteiger partial charge in [0.05, 0.1) is 11.5 Å². The maximum Gasteiger partial charge on any atom is 0.223 e. The minimum atomic E-state index is -3.04. The van der Waals surface area contributed by atoms with Crippen molar-refractivity contribution < 1.29 is 18.0 Å². The van der Waals surface area contributed by atoms with Crippen LogP contribution < -0.4 is 5.32 Å². The highest BCUT2D eigenvalue weighted by molar-refractivity contribution is 7.91. The van der Waals surface area contributed by atoms with Crippen LogP contribution in [0.3, 0.4) is 0 Å². The highest BCUT2D eigenvalue weighted by Gasteiger charge is 2.30. The van der Waals surface area contributed by atoms with Gasteiger partial charge in [-0.15, -0.1) is 0 Å². The van der Waals surface area contributed by atoms with Crippen LogP contribution in [-0.2, 0) is 19.4 Å². The second kappa shape index (κ2) is 7.94. The molecule has 1 aromatic carbocycles. The summed E-state index contributed by atoms with van der Waals surface area (Å²) in [7, 11) is -3.04. The smallest absolute Gasteiger partial charge is 0.223 e. The van der Waals surface area contributed by atoms with Crippen molar-refractivity contribution in [3.05, 3.63) is 40.9 Å². The zero-order valence-electron chi connectivity index (χ0n) is 13.4. The van der Waals surface area contributed by atoms with Gasteiger partial charge in [-0.1, -0.05) is 36.7 Å². The molecule has 1 aliphatic heterocycles. The van der Waals surface area contributed by atoms with Gasteiger partial charge in [-0.25, -0.2) is 8.42 Å². The molecule has 1 aliphatic rings. The second-order valence-corrected chi connectivity index (χ2v) is 8.73. The number of hydrogen-bond acceptors (Lipinski definition) is 4. The summed E-state index contributed by atoms with van der Waals surface area (Å²) >= 11 is 5.87. The second-order valence-electron chi connectivity index (χ2n) is 6.07. The molecule has 0 spiro atoms. The summed E-state index contributed by atoms with van der Waals surface area (Å²) in [5, 5.41) is 3.30. The van der Waals surface area contributed by atoms with Gasteiger partial charge in [0.25, 0.3) is 0 Å². The number of hydrogen-bond donors (Lipinski definition) is 1. The summed E-state index contributed by atoms with van der Waals surface area (Å²) in [6.07, 6.45) is 3.59. The Morgan fingerprint density at radius 1 is 1.42 bits per heavy atom. The van der Waals surface area contributed by atoms with Crippen LogP contribution in [0.4, 0.5) is 0 Å². The average molecular weight is 370 g/mol. The van der Waals surface area contributed by atoms with Gasteiger partial charge in [0.2, 0.25) is 5.91 Å². The quantitative estimate of drug-likeness (QED) is 0.780. The van der Waals surface area contributed by atoms with E-state index < -0.39 is 15.8 Å². The number of amides is 1. The van der Waals surface area contributed by atoms with Crippen LogP contribution >= 0.6 is 11.6 Å². The van der Waals surface area contributed by atoms with Gasteiger partial charge < -0.3 is 5.32 Å². The Morgan fingerprint density at radius 2 is 2.17 bits per heavy atom. The van der Waals surface area contributed by atoms with E-state index in [0.717, 1.165) is 5.56 Å². The van der Waals surface area contributed by atoms with Crippen molar-refractivity contribution in [1.82, 2.24) is 5.32 Å². The van der Waals surface area contributed by atoms with Crippen LogP contribution in [0.2, 0.25) is 5.02 Å². The average Bonchev–Trinajstić information content (AvgIpc) is 2.84. The van der Waals surface area contributed by atoms with Crippen LogP contribution in [0.25, 0.3) is 6.08 Å². The number of benzene rings is 1. The number of allylic oxidation sites excluding steroid dienone is 1. The Kier molecular flexibility index (Phi) is 6.18. The van der Waals surface area contributed by atoms with E-state index in [-0.39, 0.29) is 35.7 Å². The lowest BCUT2D eigenvalue weighted by molar-refractivity contribution is -0.128. The van der Waals surface area contributed by atoms with E-state index in [0.29, 0.717) is 11.4 Å². The van der Waals surface area contributed by atoms with E-state index in [1.807, 2.05) is 6.07 Å². The molecular weight excluding hydrogens is 350 g/mol. The first-order chi connectivity index (χ1) is 11.2. The van der Waals surface area contributed by atoms with Gasteiger partial charge in [-0.2, -0.15) is 0 Å². The van der Waals surface area contributed by atoms with E-state index in [2.05, 4.69) is 5.32 Å². The zero-order chi connectivity index (χ0) is 17.7. The largest absolute Gasteiger partial charge is 0.352 e. The number of halogens is 1. The highest BCUT2D eigenvalue weighted by Crippen LogP contribution is 2.14. The normalized spacial score (nSPS) is 20.8. The fourth-order valence-electron chi connectivity index (χ4n) is 2.51. The van der Waals surface area contributed by atoms with Crippen molar-refractivity contribution in [2.24, 2.45) is 5.92 Å². The third-order valence-corrected chi connectivity index (χ3v) is 5.85. The SMILES string of the molecule is C[C@@H](CC(=O)/C=C/c1cccc(Cl)c1)C(=O)NC1CCS(=O)(=O)C1. The Labute approximate surface area is 147 Å². The minimum Gasteiger partial charge on any atom is -0.352 e. The number of nitrogens with one attached hydrogen (secondary N) is 1. The number of rotatable bonds is 6. The number of sulfone groups is 1. The van der Waals surface area contributed by atoms with Crippen molar-refractivity contribution in [1.29, 1.82) is 0 Å². The van der Waals surface area contributed by atoms with E-state index >= 15 is 0 Å².